The van der Waals surface area contributed by atoms with E-state index in [-0.39, 0.29) is 55.3 Å². The quantitative estimate of drug-likeness (QED) is 0.213. The molecule has 10 nitrogen and oxygen atoms in total. The van der Waals surface area contributed by atoms with Crippen LogP contribution in [0.4, 0.5) is 0 Å². The maximum atomic E-state index is 14.8. The van der Waals surface area contributed by atoms with Gasteiger partial charge in [0, 0.05) is 11.8 Å². The van der Waals surface area contributed by atoms with Crippen LogP contribution >= 0.6 is 11.8 Å². The van der Waals surface area contributed by atoms with Crippen molar-refractivity contribution < 1.29 is 24.2 Å². The third-order valence-electron chi connectivity index (χ3n) is 9.49. The van der Waals surface area contributed by atoms with Crippen LogP contribution in [0, 0.1) is 23.7 Å². The van der Waals surface area contributed by atoms with Crippen molar-refractivity contribution in [1.29, 1.82) is 0 Å². The van der Waals surface area contributed by atoms with Gasteiger partial charge in [0.15, 0.2) is 0 Å². The second-order valence-electron chi connectivity index (χ2n) is 11.7. The Labute approximate surface area is 251 Å². The predicted octanol–water partition coefficient (Wildman–Crippen LogP) is 3.27. The molecule has 1 aromatic carbocycles. The average Bonchev–Trinajstić information content (AvgIpc) is 3.70. The molecule has 2 aromatic rings. The molecule has 4 heterocycles. The highest BCUT2D eigenvalue weighted by molar-refractivity contribution is 8.02. The van der Waals surface area contributed by atoms with Gasteiger partial charge in [-0.3, -0.25) is 14.4 Å². The van der Waals surface area contributed by atoms with E-state index in [1.807, 2.05) is 38.1 Å². The topological polar surface area (TPSA) is 118 Å². The van der Waals surface area contributed by atoms with Crippen LogP contribution in [0.3, 0.4) is 0 Å². The molecule has 0 radical (unpaired) electrons. The SMILES string of the molecule is C=CCCOC(=O)[C@@H]1[C@H]2C(=O)N([C@@H](CO)[C@@H](C)CC)C(C(=O)N(CC=C)Cn3nnc4ccccc43)C23S[C@@H]1CC3C. The molecule has 3 fully saturated rings. The minimum Gasteiger partial charge on any atom is -0.465 e. The molecule has 3 aliphatic rings. The number of aliphatic hydroxyl groups is 1. The van der Waals surface area contributed by atoms with Gasteiger partial charge in [0.05, 0.1) is 41.4 Å². The number of para-hydroxylation sites is 1. The molecule has 0 saturated carbocycles. The number of hydrogen-bond donors (Lipinski definition) is 1. The lowest BCUT2D eigenvalue weighted by molar-refractivity contribution is -0.155. The molecule has 1 N–H and O–H groups in total. The van der Waals surface area contributed by atoms with Crippen molar-refractivity contribution in [3.63, 3.8) is 0 Å². The smallest absolute Gasteiger partial charge is 0.310 e. The lowest BCUT2D eigenvalue weighted by Gasteiger charge is -2.43. The first-order valence-corrected chi connectivity index (χ1v) is 15.7. The monoisotopic (exact) mass is 595 g/mol. The van der Waals surface area contributed by atoms with Gasteiger partial charge >= 0.3 is 5.97 Å². The Morgan fingerprint density at radius 3 is 2.76 bits per heavy atom. The number of aromatic nitrogens is 3. The number of likely N-dealkylation sites (tertiary alicyclic amines) is 1. The first kappa shape index (κ1) is 30.3. The van der Waals surface area contributed by atoms with Crippen molar-refractivity contribution in [1.82, 2.24) is 24.8 Å². The molecular weight excluding hydrogens is 554 g/mol. The summed E-state index contributed by atoms with van der Waals surface area (Å²) in [6.07, 6.45) is 5.29. The van der Waals surface area contributed by atoms with Crippen molar-refractivity contribution in [3.8, 4) is 0 Å². The van der Waals surface area contributed by atoms with Gasteiger partial charge in [-0.2, -0.15) is 0 Å². The Bertz CT molecular complexity index is 1360. The van der Waals surface area contributed by atoms with Crippen LogP contribution in [0.25, 0.3) is 11.0 Å². The number of ether oxygens (including phenoxy) is 1. The maximum absolute atomic E-state index is 14.8. The van der Waals surface area contributed by atoms with Crippen LogP contribution in [-0.4, -0.2) is 89.5 Å². The molecule has 42 heavy (non-hydrogen) atoms. The lowest BCUT2D eigenvalue weighted by Crippen LogP contribution is -2.60. The van der Waals surface area contributed by atoms with E-state index in [1.165, 1.54) is 0 Å². The summed E-state index contributed by atoms with van der Waals surface area (Å²) >= 11 is 1.60. The molecule has 2 bridgehead atoms. The minimum absolute atomic E-state index is 0.00770. The molecule has 3 saturated heterocycles. The third kappa shape index (κ3) is 4.74. The zero-order chi connectivity index (χ0) is 30.2. The molecule has 2 amide bonds. The van der Waals surface area contributed by atoms with Crippen LogP contribution in [0.1, 0.15) is 40.0 Å². The number of carbonyl (C=O) groups excluding carboxylic acids is 3. The van der Waals surface area contributed by atoms with Crippen LogP contribution < -0.4 is 0 Å². The van der Waals surface area contributed by atoms with Gasteiger partial charge in [0.1, 0.15) is 18.2 Å². The molecule has 226 valence electrons. The second-order valence-corrected chi connectivity index (χ2v) is 13.3. The summed E-state index contributed by atoms with van der Waals surface area (Å²) < 4.78 is 6.47. The Hall–Kier alpha value is -3.18. The lowest BCUT2D eigenvalue weighted by atomic mass is 9.66. The number of fused-ring (bicyclic) bond motifs is 2. The number of rotatable bonds is 13. The largest absolute Gasteiger partial charge is 0.465 e. The van der Waals surface area contributed by atoms with Gasteiger partial charge in [-0.1, -0.05) is 56.7 Å². The Balaban J connectivity index is 1.57. The predicted molar refractivity (Wildman–Crippen MR) is 161 cm³/mol. The molecule has 11 heteroatoms. The van der Waals surface area contributed by atoms with Gasteiger partial charge in [0.25, 0.3) is 0 Å². The van der Waals surface area contributed by atoms with E-state index in [0.29, 0.717) is 24.8 Å². The van der Waals surface area contributed by atoms with E-state index in [0.717, 1.165) is 5.52 Å². The second kappa shape index (κ2) is 12.2. The fraction of sp³-hybridized carbons (Fsp3) is 0.581. The Morgan fingerprint density at radius 2 is 2.07 bits per heavy atom. The summed E-state index contributed by atoms with van der Waals surface area (Å²) in [5.74, 6) is -2.31. The number of benzene rings is 1. The first-order valence-electron chi connectivity index (χ1n) is 14.8. The van der Waals surface area contributed by atoms with E-state index in [2.05, 4.69) is 30.4 Å². The first-order chi connectivity index (χ1) is 20.2. The normalized spacial score (nSPS) is 29.4. The van der Waals surface area contributed by atoms with E-state index in [9.17, 15) is 19.5 Å². The molecule has 1 aromatic heterocycles. The van der Waals surface area contributed by atoms with Crippen molar-refractivity contribution in [2.75, 3.05) is 19.8 Å². The number of amides is 2. The fourth-order valence-electron chi connectivity index (χ4n) is 7.25. The number of thioether (sulfide) groups is 1. The van der Waals surface area contributed by atoms with Crippen molar-refractivity contribution in [2.24, 2.45) is 23.7 Å². The molecule has 5 rings (SSSR count). The van der Waals surface area contributed by atoms with Crippen molar-refractivity contribution >= 4 is 40.6 Å². The number of carbonyl (C=O) groups is 3. The Morgan fingerprint density at radius 1 is 1.31 bits per heavy atom. The number of esters is 1. The van der Waals surface area contributed by atoms with Gasteiger partial charge < -0.3 is 19.6 Å². The average molecular weight is 596 g/mol. The zero-order valence-electron chi connectivity index (χ0n) is 24.6. The van der Waals surface area contributed by atoms with Gasteiger partial charge in [-0.25, -0.2) is 4.68 Å². The molecule has 3 aliphatic heterocycles. The molecule has 1 spiro atoms. The number of aliphatic hydroxyl groups excluding tert-OH is 1. The van der Waals surface area contributed by atoms with Crippen LogP contribution in [0.15, 0.2) is 49.6 Å². The summed E-state index contributed by atoms with van der Waals surface area (Å²) in [4.78, 5) is 46.1. The van der Waals surface area contributed by atoms with E-state index in [1.54, 1.807) is 38.4 Å². The van der Waals surface area contributed by atoms with E-state index in [4.69, 9.17) is 4.74 Å². The summed E-state index contributed by atoms with van der Waals surface area (Å²) in [6.45, 7) is 13.9. The maximum Gasteiger partial charge on any atom is 0.310 e. The number of hydrogen-bond acceptors (Lipinski definition) is 8. The molecular formula is C31H41N5O5S. The Kier molecular flexibility index (Phi) is 8.80. The highest BCUT2D eigenvalue weighted by Gasteiger charge is 2.77. The van der Waals surface area contributed by atoms with Crippen LogP contribution in [-0.2, 0) is 25.8 Å². The van der Waals surface area contributed by atoms with Crippen LogP contribution in [0.2, 0.25) is 0 Å². The fourth-order valence-corrected chi connectivity index (χ4v) is 9.64. The van der Waals surface area contributed by atoms with Gasteiger partial charge in [-0.05, 0) is 36.8 Å². The summed E-state index contributed by atoms with van der Waals surface area (Å²) in [7, 11) is 0. The summed E-state index contributed by atoms with van der Waals surface area (Å²) in [6, 6.07) is 6.10. The molecule has 3 unspecified atom stereocenters. The third-order valence-corrected chi connectivity index (χ3v) is 11.6. The van der Waals surface area contributed by atoms with Gasteiger partial charge in [-0.15, -0.1) is 30.0 Å². The number of nitrogens with zero attached hydrogens (tertiary/aromatic N) is 5. The zero-order valence-corrected chi connectivity index (χ0v) is 25.4. The standard InChI is InChI=1S/C31H41N5O5S/c1-6-9-15-41-30(40)25-24-16-20(5)31(42-24)26(25)28(38)36(23(17-37)19(4)8-3)27(31)29(39)34(14-7-2)18-35-22-13-11-10-12-21(22)32-33-35/h6-7,10-13,19-20,23-27,37H,1-2,8-9,14-18H2,3-5H3/t19-,20?,23-,24+,25-,26-,27?,31?/m0/s1. The van der Waals surface area contributed by atoms with Gasteiger partial charge in [0.2, 0.25) is 11.8 Å². The highest BCUT2D eigenvalue weighted by atomic mass is 32.2. The van der Waals surface area contributed by atoms with Crippen molar-refractivity contribution in [2.45, 2.75) is 68.8 Å². The van der Waals surface area contributed by atoms with Crippen LogP contribution in [0.5, 0.6) is 0 Å². The summed E-state index contributed by atoms with van der Waals surface area (Å²) in [5, 5.41) is 19.0. The summed E-state index contributed by atoms with van der Waals surface area (Å²) in [5.41, 5.74) is 1.50. The van der Waals surface area contributed by atoms with E-state index >= 15 is 0 Å². The highest BCUT2D eigenvalue weighted by Crippen LogP contribution is 2.69. The van der Waals surface area contributed by atoms with E-state index < -0.39 is 34.6 Å². The minimum atomic E-state index is -0.869. The molecule has 0 aliphatic carbocycles. The molecule has 8 atom stereocenters. The van der Waals surface area contributed by atoms with Crippen molar-refractivity contribution in [3.05, 3.63) is 49.6 Å².